The highest BCUT2D eigenvalue weighted by molar-refractivity contribution is 6.11. The summed E-state index contributed by atoms with van der Waals surface area (Å²) in [5, 5.41) is 22.4. The fourth-order valence-corrected chi connectivity index (χ4v) is 7.38. The zero-order valence-electron chi connectivity index (χ0n) is 32.0. The van der Waals surface area contributed by atoms with Crippen LogP contribution in [0.15, 0.2) is 48.5 Å². The van der Waals surface area contributed by atoms with Gasteiger partial charge in [0.15, 0.2) is 0 Å². The van der Waals surface area contributed by atoms with Gasteiger partial charge in [0.05, 0.1) is 13.2 Å². The first-order valence-corrected chi connectivity index (χ1v) is 21.3. The van der Waals surface area contributed by atoms with Gasteiger partial charge in [0, 0.05) is 34.8 Å². The zero-order chi connectivity index (χ0) is 35.2. The summed E-state index contributed by atoms with van der Waals surface area (Å²) in [4.78, 5) is 0. The van der Waals surface area contributed by atoms with Crippen LogP contribution in [0.5, 0.6) is 11.5 Å². The van der Waals surface area contributed by atoms with Crippen molar-refractivity contribution in [3.8, 4) is 11.5 Å². The van der Waals surface area contributed by atoms with Crippen LogP contribution in [0.1, 0.15) is 180 Å². The molecule has 0 spiro atoms. The molecule has 0 saturated heterocycles. The highest BCUT2D eigenvalue weighted by Crippen LogP contribution is 2.42. The summed E-state index contributed by atoms with van der Waals surface area (Å²) in [6, 6.07) is 17.3. The molecule has 0 aliphatic carbocycles. The van der Waals surface area contributed by atoms with Gasteiger partial charge in [-0.05, 0) is 25.7 Å². The Hall–Kier alpha value is -2.30. The molecule has 0 radical (unpaired) electrons. The molecule has 0 aliphatic heterocycles. The molecule has 0 heterocycles. The fourth-order valence-electron chi connectivity index (χ4n) is 7.38. The van der Waals surface area contributed by atoms with E-state index in [2.05, 4.69) is 48.5 Å². The Balaban J connectivity index is 1.29. The molecule has 50 heavy (non-hydrogen) atoms. The van der Waals surface area contributed by atoms with Crippen molar-refractivity contribution in [3.63, 3.8) is 0 Å². The molecule has 0 fully saturated rings. The van der Waals surface area contributed by atoms with Crippen molar-refractivity contribution in [1.29, 1.82) is 0 Å². The maximum absolute atomic E-state index is 8.86. The Morgan fingerprint density at radius 2 is 0.480 bits per heavy atom. The molecule has 0 saturated carbocycles. The quantitative estimate of drug-likeness (QED) is 0.0484. The van der Waals surface area contributed by atoms with Gasteiger partial charge >= 0.3 is 0 Å². The van der Waals surface area contributed by atoms with Gasteiger partial charge in [-0.1, -0.05) is 203 Å². The molecule has 0 bridgehead atoms. The van der Waals surface area contributed by atoms with E-state index in [1.165, 1.54) is 154 Å². The van der Waals surface area contributed by atoms with Crippen molar-refractivity contribution in [2.24, 2.45) is 0 Å². The largest absolute Gasteiger partial charge is 0.492 e. The third-order valence-corrected chi connectivity index (χ3v) is 10.4. The minimum atomic E-state index is 0.349. The Labute approximate surface area is 306 Å². The minimum Gasteiger partial charge on any atom is -0.492 e. The van der Waals surface area contributed by atoms with Gasteiger partial charge < -0.3 is 19.7 Å². The number of aliphatic hydroxyl groups excluding tert-OH is 2. The van der Waals surface area contributed by atoms with Gasteiger partial charge in [0.2, 0.25) is 0 Å². The highest BCUT2D eigenvalue weighted by Gasteiger charge is 2.15. The molecule has 282 valence electrons. The standard InChI is InChI=1S/C46H74O4/c47-37-29-21-17-13-9-5-1-3-7-11-15-19-23-31-39-49-45-41-33-25-27-35-43(41)46(44-36-28-26-34-42(44)45)50-40-32-24-20-16-12-8-4-2-6-10-14-18-22-30-38-48/h25-28,33-36,47-48H,1-24,29-32,37-40H2. The van der Waals surface area contributed by atoms with Gasteiger partial charge in [0.25, 0.3) is 0 Å². The molecular weight excluding hydrogens is 617 g/mol. The lowest BCUT2D eigenvalue weighted by Crippen LogP contribution is -2.02. The average molecular weight is 691 g/mol. The minimum absolute atomic E-state index is 0.349. The van der Waals surface area contributed by atoms with Crippen LogP contribution < -0.4 is 9.47 Å². The third kappa shape index (κ3) is 17.8. The molecule has 0 amide bonds. The second kappa shape index (κ2) is 29.3. The average Bonchev–Trinajstić information content (AvgIpc) is 3.14. The normalized spacial score (nSPS) is 11.6. The molecule has 3 rings (SSSR count). The molecule has 3 aromatic carbocycles. The van der Waals surface area contributed by atoms with E-state index < -0.39 is 0 Å². The van der Waals surface area contributed by atoms with Crippen molar-refractivity contribution in [1.82, 2.24) is 0 Å². The van der Waals surface area contributed by atoms with Crippen molar-refractivity contribution < 1.29 is 19.7 Å². The molecule has 0 aromatic heterocycles. The van der Waals surface area contributed by atoms with Crippen molar-refractivity contribution in [2.45, 2.75) is 180 Å². The predicted molar refractivity (Wildman–Crippen MR) is 216 cm³/mol. The van der Waals surface area contributed by atoms with E-state index in [4.69, 9.17) is 19.7 Å². The number of rotatable bonds is 34. The maximum Gasteiger partial charge on any atom is 0.135 e. The molecular formula is C46H74O4. The van der Waals surface area contributed by atoms with Crippen LogP contribution in [0.3, 0.4) is 0 Å². The number of ether oxygens (including phenoxy) is 2. The summed E-state index contributed by atoms with van der Waals surface area (Å²) in [5.74, 6) is 2.02. The van der Waals surface area contributed by atoms with Crippen LogP contribution in [0.25, 0.3) is 21.5 Å². The first-order valence-electron chi connectivity index (χ1n) is 21.3. The van der Waals surface area contributed by atoms with Crippen molar-refractivity contribution >= 4 is 21.5 Å². The van der Waals surface area contributed by atoms with Crippen LogP contribution in [-0.4, -0.2) is 36.6 Å². The lowest BCUT2D eigenvalue weighted by Gasteiger charge is -2.18. The van der Waals surface area contributed by atoms with Crippen LogP contribution in [0, 0.1) is 0 Å². The van der Waals surface area contributed by atoms with E-state index >= 15 is 0 Å². The van der Waals surface area contributed by atoms with Gasteiger partial charge in [-0.15, -0.1) is 0 Å². The molecule has 4 nitrogen and oxygen atoms in total. The molecule has 0 atom stereocenters. The second-order valence-corrected chi connectivity index (χ2v) is 14.8. The van der Waals surface area contributed by atoms with E-state index in [0.29, 0.717) is 13.2 Å². The van der Waals surface area contributed by atoms with Crippen molar-refractivity contribution in [3.05, 3.63) is 48.5 Å². The lowest BCUT2D eigenvalue weighted by atomic mass is 10.0. The third-order valence-electron chi connectivity index (χ3n) is 10.4. The Morgan fingerprint density at radius 1 is 0.280 bits per heavy atom. The van der Waals surface area contributed by atoms with Gasteiger partial charge in [0.1, 0.15) is 11.5 Å². The fraction of sp³-hybridized carbons (Fsp3) is 0.696. The number of hydrogen-bond donors (Lipinski definition) is 2. The van der Waals surface area contributed by atoms with Crippen LogP contribution in [0.2, 0.25) is 0 Å². The summed E-state index contributed by atoms with van der Waals surface area (Å²) in [6.45, 7) is 2.22. The van der Waals surface area contributed by atoms with E-state index in [1.807, 2.05) is 0 Å². The Kier molecular flexibility index (Phi) is 24.7. The number of hydrogen-bond acceptors (Lipinski definition) is 4. The van der Waals surface area contributed by atoms with Crippen LogP contribution in [-0.2, 0) is 0 Å². The smallest absolute Gasteiger partial charge is 0.135 e. The Bertz CT molecular complexity index is 1070. The molecule has 0 aliphatic rings. The van der Waals surface area contributed by atoms with E-state index in [-0.39, 0.29) is 0 Å². The number of unbranched alkanes of at least 4 members (excludes halogenated alkanes) is 26. The zero-order valence-corrected chi connectivity index (χ0v) is 32.0. The Morgan fingerprint density at radius 3 is 0.700 bits per heavy atom. The lowest BCUT2D eigenvalue weighted by molar-refractivity contribution is 0.282. The predicted octanol–water partition coefficient (Wildman–Crippen LogP) is 13.7. The summed E-state index contributed by atoms with van der Waals surface area (Å²) in [6.07, 6.45) is 36.0. The van der Waals surface area contributed by atoms with Crippen LogP contribution in [0.4, 0.5) is 0 Å². The van der Waals surface area contributed by atoms with Gasteiger partial charge in [-0.25, -0.2) is 0 Å². The second-order valence-electron chi connectivity index (χ2n) is 14.8. The summed E-state index contributed by atoms with van der Waals surface area (Å²) < 4.78 is 13.1. The van der Waals surface area contributed by atoms with Crippen molar-refractivity contribution in [2.75, 3.05) is 26.4 Å². The SMILES string of the molecule is OCCCCCCCCCCCCCCCCOc1c2ccccc2c(OCCCCCCCCCCCCCCCCO)c2ccccc12. The maximum atomic E-state index is 8.86. The molecule has 3 aromatic rings. The number of fused-ring (bicyclic) bond motifs is 2. The summed E-state index contributed by atoms with van der Waals surface area (Å²) in [5.41, 5.74) is 0. The highest BCUT2D eigenvalue weighted by atomic mass is 16.5. The van der Waals surface area contributed by atoms with E-state index in [1.54, 1.807) is 0 Å². The van der Waals surface area contributed by atoms with E-state index in [0.717, 1.165) is 71.9 Å². The number of benzene rings is 3. The molecule has 4 heteroatoms. The molecule has 2 N–H and O–H groups in total. The van der Waals surface area contributed by atoms with Crippen LogP contribution >= 0.6 is 0 Å². The first-order chi connectivity index (χ1) is 24.9. The molecule has 0 unspecified atom stereocenters. The van der Waals surface area contributed by atoms with Gasteiger partial charge in [-0.3, -0.25) is 0 Å². The summed E-state index contributed by atoms with van der Waals surface area (Å²) in [7, 11) is 0. The summed E-state index contributed by atoms with van der Waals surface area (Å²) >= 11 is 0. The monoisotopic (exact) mass is 691 g/mol. The topological polar surface area (TPSA) is 58.9 Å². The number of aliphatic hydroxyl groups is 2. The van der Waals surface area contributed by atoms with E-state index in [9.17, 15) is 0 Å². The van der Waals surface area contributed by atoms with Gasteiger partial charge in [-0.2, -0.15) is 0 Å². The first kappa shape index (κ1) is 42.1.